The van der Waals surface area contributed by atoms with Gasteiger partial charge in [-0.1, -0.05) is 5.57 Å². The molecule has 0 aromatic carbocycles. The van der Waals surface area contributed by atoms with E-state index in [4.69, 9.17) is 9.84 Å². The molecule has 1 rings (SSSR count). The topological polar surface area (TPSA) is 75.6 Å². The first-order valence-corrected chi connectivity index (χ1v) is 5.77. The molecule has 1 unspecified atom stereocenters. The number of carbonyl (C=O) groups is 2. The Balaban J connectivity index is 2.58. The third-order valence-electron chi connectivity index (χ3n) is 2.98. The molecule has 1 atom stereocenters. The van der Waals surface area contributed by atoms with Gasteiger partial charge in [-0.3, -0.25) is 4.79 Å². The number of hydrogen-bond acceptors (Lipinski definition) is 3. The molecule has 0 heterocycles. The first-order valence-electron chi connectivity index (χ1n) is 5.77. The van der Waals surface area contributed by atoms with E-state index in [1.54, 1.807) is 0 Å². The molecule has 1 aliphatic rings. The molecule has 0 saturated carbocycles. The molecule has 17 heavy (non-hydrogen) atoms. The zero-order valence-electron chi connectivity index (χ0n) is 10.3. The molecule has 0 spiro atoms. The van der Waals surface area contributed by atoms with Gasteiger partial charge in [0.2, 0.25) is 5.91 Å². The quantitative estimate of drug-likeness (QED) is 0.730. The van der Waals surface area contributed by atoms with Gasteiger partial charge in [0.05, 0.1) is 0 Å². The summed E-state index contributed by atoms with van der Waals surface area (Å²) in [5.41, 5.74) is 1.81. The minimum Gasteiger partial charge on any atom is -0.480 e. The zero-order chi connectivity index (χ0) is 12.8. The lowest BCUT2D eigenvalue weighted by Crippen LogP contribution is -2.42. The Hall–Kier alpha value is -1.36. The van der Waals surface area contributed by atoms with Crippen LogP contribution in [0.4, 0.5) is 0 Å². The summed E-state index contributed by atoms with van der Waals surface area (Å²) in [5.74, 6) is -1.27. The second kappa shape index (κ2) is 6.39. The Morgan fingerprint density at radius 2 is 2.18 bits per heavy atom. The van der Waals surface area contributed by atoms with E-state index in [-0.39, 0.29) is 12.3 Å². The smallest absolute Gasteiger partial charge is 0.326 e. The fraction of sp³-hybridized carbons (Fsp3) is 0.667. The molecule has 0 aromatic rings. The number of carbonyl (C=O) groups excluding carboxylic acids is 1. The number of nitrogens with one attached hydrogen (secondary N) is 1. The maximum absolute atomic E-state index is 11.9. The number of aliphatic carboxylic acids is 1. The zero-order valence-corrected chi connectivity index (χ0v) is 10.3. The summed E-state index contributed by atoms with van der Waals surface area (Å²) in [5, 5.41) is 11.5. The predicted octanol–water partition coefficient (Wildman–Crippen LogP) is 1.09. The van der Waals surface area contributed by atoms with Gasteiger partial charge in [0.25, 0.3) is 0 Å². The normalized spacial score (nSPS) is 17.1. The summed E-state index contributed by atoms with van der Waals surface area (Å²) in [4.78, 5) is 22.8. The van der Waals surface area contributed by atoms with E-state index in [1.807, 2.05) is 6.92 Å². The van der Waals surface area contributed by atoms with Crippen molar-refractivity contribution in [1.29, 1.82) is 0 Å². The molecule has 2 N–H and O–H groups in total. The SMILES string of the molecule is COCCC(NC(=O)C1=C(C)CCC1)C(=O)O. The lowest BCUT2D eigenvalue weighted by molar-refractivity contribution is -0.141. The lowest BCUT2D eigenvalue weighted by atomic mass is 10.1. The Kier molecular flexibility index (Phi) is 5.15. The molecule has 0 aliphatic heterocycles. The fourth-order valence-electron chi connectivity index (χ4n) is 1.94. The summed E-state index contributed by atoms with van der Waals surface area (Å²) in [6.07, 6.45) is 2.93. The van der Waals surface area contributed by atoms with Gasteiger partial charge < -0.3 is 15.2 Å². The summed E-state index contributed by atoms with van der Waals surface area (Å²) >= 11 is 0. The number of allylic oxidation sites excluding steroid dienone is 1. The molecule has 0 fully saturated rings. The monoisotopic (exact) mass is 241 g/mol. The Morgan fingerprint density at radius 3 is 2.65 bits per heavy atom. The van der Waals surface area contributed by atoms with Crippen LogP contribution >= 0.6 is 0 Å². The highest BCUT2D eigenvalue weighted by molar-refractivity contribution is 5.96. The molecule has 0 radical (unpaired) electrons. The highest BCUT2D eigenvalue weighted by Crippen LogP contribution is 2.25. The van der Waals surface area contributed by atoms with Gasteiger partial charge in [-0.15, -0.1) is 0 Å². The minimum absolute atomic E-state index is 0.247. The van der Waals surface area contributed by atoms with Crippen molar-refractivity contribution in [3.63, 3.8) is 0 Å². The van der Waals surface area contributed by atoms with Crippen LogP contribution in [0.2, 0.25) is 0 Å². The van der Waals surface area contributed by atoms with Crippen LogP contribution in [0.3, 0.4) is 0 Å². The molecule has 0 saturated heterocycles. The summed E-state index contributed by atoms with van der Waals surface area (Å²) in [6.45, 7) is 2.24. The number of rotatable bonds is 6. The molecule has 5 nitrogen and oxygen atoms in total. The van der Waals surface area contributed by atoms with E-state index in [9.17, 15) is 9.59 Å². The van der Waals surface area contributed by atoms with Crippen molar-refractivity contribution in [1.82, 2.24) is 5.32 Å². The maximum Gasteiger partial charge on any atom is 0.326 e. The first-order chi connectivity index (χ1) is 8.06. The molecular formula is C12H19NO4. The number of amides is 1. The van der Waals surface area contributed by atoms with Crippen LogP contribution in [0, 0.1) is 0 Å². The summed E-state index contributed by atoms with van der Waals surface area (Å²) < 4.78 is 4.82. The van der Waals surface area contributed by atoms with E-state index in [0.29, 0.717) is 6.61 Å². The van der Waals surface area contributed by atoms with Crippen molar-refractivity contribution in [3.8, 4) is 0 Å². The minimum atomic E-state index is -1.02. The third-order valence-corrected chi connectivity index (χ3v) is 2.98. The van der Waals surface area contributed by atoms with Gasteiger partial charge in [-0.2, -0.15) is 0 Å². The van der Waals surface area contributed by atoms with Crippen LogP contribution in [0.15, 0.2) is 11.1 Å². The third kappa shape index (κ3) is 3.85. The molecule has 1 aliphatic carbocycles. The lowest BCUT2D eigenvalue weighted by Gasteiger charge is -2.14. The average Bonchev–Trinajstić information content (AvgIpc) is 2.70. The van der Waals surface area contributed by atoms with E-state index >= 15 is 0 Å². The van der Waals surface area contributed by atoms with Gasteiger partial charge >= 0.3 is 5.97 Å². The Morgan fingerprint density at radius 1 is 1.47 bits per heavy atom. The predicted molar refractivity (Wildman–Crippen MR) is 62.6 cm³/mol. The maximum atomic E-state index is 11.9. The van der Waals surface area contributed by atoms with Crippen molar-refractivity contribution in [2.75, 3.05) is 13.7 Å². The van der Waals surface area contributed by atoms with E-state index < -0.39 is 12.0 Å². The van der Waals surface area contributed by atoms with Gasteiger partial charge in [-0.25, -0.2) is 4.79 Å². The number of carboxylic acid groups (broad SMARTS) is 1. The van der Waals surface area contributed by atoms with Crippen LogP contribution in [0.25, 0.3) is 0 Å². The highest BCUT2D eigenvalue weighted by atomic mass is 16.5. The van der Waals surface area contributed by atoms with Gasteiger partial charge in [0, 0.05) is 25.7 Å². The van der Waals surface area contributed by atoms with Gasteiger partial charge in [0.15, 0.2) is 0 Å². The Labute approximate surface area is 101 Å². The van der Waals surface area contributed by atoms with Crippen molar-refractivity contribution in [2.45, 2.75) is 38.6 Å². The van der Waals surface area contributed by atoms with Crippen molar-refractivity contribution in [3.05, 3.63) is 11.1 Å². The second-order valence-electron chi connectivity index (χ2n) is 4.26. The van der Waals surface area contributed by atoms with Crippen LogP contribution < -0.4 is 5.32 Å². The van der Waals surface area contributed by atoms with E-state index in [2.05, 4.69) is 5.32 Å². The summed E-state index contributed by atoms with van der Waals surface area (Å²) in [7, 11) is 1.50. The number of ether oxygens (including phenoxy) is 1. The largest absolute Gasteiger partial charge is 0.480 e. The first kappa shape index (κ1) is 13.7. The van der Waals surface area contributed by atoms with Gasteiger partial charge in [-0.05, 0) is 26.2 Å². The molecule has 5 heteroatoms. The number of carboxylic acids is 1. The fourth-order valence-corrected chi connectivity index (χ4v) is 1.94. The second-order valence-corrected chi connectivity index (χ2v) is 4.26. The molecule has 0 bridgehead atoms. The van der Waals surface area contributed by atoms with Crippen LogP contribution in [-0.4, -0.2) is 36.7 Å². The average molecular weight is 241 g/mol. The van der Waals surface area contributed by atoms with Crippen LogP contribution in [0.1, 0.15) is 32.6 Å². The summed E-state index contributed by atoms with van der Waals surface area (Å²) in [6, 6.07) is -0.872. The molecular weight excluding hydrogens is 222 g/mol. The molecule has 1 amide bonds. The Bertz CT molecular complexity index is 335. The van der Waals surface area contributed by atoms with Crippen molar-refractivity contribution in [2.24, 2.45) is 0 Å². The van der Waals surface area contributed by atoms with E-state index in [0.717, 1.165) is 30.4 Å². The van der Waals surface area contributed by atoms with Crippen molar-refractivity contribution < 1.29 is 19.4 Å². The molecule has 0 aromatic heterocycles. The van der Waals surface area contributed by atoms with Crippen LogP contribution in [-0.2, 0) is 14.3 Å². The van der Waals surface area contributed by atoms with E-state index in [1.165, 1.54) is 7.11 Å². The molecule has 96 valence electrons. The van der Waals surface area contributed by atoms with Crippen LogP contribution in [0.5, 0.6) is 0 Å². The standard InChI is InChI=1S/C12H19NO4/c1-8-4-3-5-9(8)11(14)13-10(12(15)16)6-7-17-2/h10H,3-7H2,1-2H3,(H,13,14)(H,15,16). The van der Waals surface area contributed by atoms with Gasteiger partial charge in [0.1, 0.15) is 6.04 Å². The highest BCUT2D eigenvalue weighted by Gasteiger charge is 2.24. The number of hydrogen-bond donors (Lipinski definition) is 2. The van der Waals surface area contributed by atoms with Crippen molar-refractivity contribution >= 4 is 11.9 Å². The number of methoxy groups -OCH3 is 1.